The molecule has 0 bridgehead atoms. The van der Waals surface area contributed by atoms with Crippen LogP contribution in [0.4, 0.5) is 0 Å². The summed E-state index contributed by atoms with van der Waals surface area (Å²) >= 11 is 5.83. The van der Waals surface area contributed by atoms with Crippen LogP contribution in [0.2, 0.25) is 5.02 Å². The molecular weight excluding hydrogens is 274 g/mol. The minimum atomic E-state index is 0.693. The molecule has 0 aromatic heterocycles. The Morgan fingerprint density at radius 2 is 1.55 bits per heavy atom. The fourth-order valence-electron chi connectivity index (χ4n) is 1.71. The number of halogens is 1. The molecule has 0 unspecified atom stereocenters. The average molecular weight is 290 g/mol. The number of rotatable bonds is 5. The van der Waals surface area contributed by atoms with Gasteiger partial charge < -0.3 is 4.74 Å². The van der Waals surface area contributed by atoms with Gasteiger partial charge in [-0.3, -0.25) is 10.3 Å². The summed E-state index contributed by atoms with van der Waals surface area (Å²) in [5.74, 6) is 1.54. The lowest BCUT2D eigenvalue weighted by molar-refractivity contribution is 0.119. The van der Waals surface area contributed by atoms with E-state index in [9.17, 15) is 0 Å². The van der Waals surface area contributed by atoms with Gasteiger partial charge in [0.1, 0.15) is 11.5 Å². The highest BCUT2D eigenvalue weighted by Crippen LogP contribution is 2.23. The maximum atomic E-state index is 5.83. The quantitative estimate of drug-likeness (QED) is 0.813. The average Bonchev–Trinajstić information content (AvgIpc) is 2.44. The minimum Gasteiger partial charge on any atom is -0.457 e. The molecular formula is C16H16ClNO2. The van der Waals surface area contributed by atoms with Crippen LogP contribution in [0.1, 0.15) is 12.5 Å². The lowest BCUT2D eigenvalue weighted by Crippen LogP contribution is -2.07. The summed E-state index contributed by atoms with van der Waals surface area (Å²) in [6.45, 7) is 1.93. The maximum Gasteiger partial charge on any atom is 0.127 e. The van der Waals surface area contributed by atoms with E-state index in [2.05, 4.69) is 5.48 Å². The van der Waals surface area contributed by atoms with E-state index in [4.69, 9.17) is 21.2 Å². The molecule has 0 aliphatic carbocycles. The predicted molar refractivity (Wildman–Crippen MR) is 81.8 cm³/mol. The summed E-state index contributed by atoms with van der Waals surface area (Å²) in [7, 11) is 1.58. The number of hydrogen-bond acceptors (Lipinski definition) is 3. The van der Waals surface area contributed by atoms with Crippen molar-refractivity contribution < 1.29 is 9.57 Å². The number of hydroxylamine groups is 1. The molecule has 0 amide bonds. The molecule has 104 valence electrons. The summed E-state index contributed by atoms with van der Waals surface area (Å²) in [5.41, 5.74) is 4.77. The van der Waals surface area contributed by atoms with Crippen molar-refractivity contribution in [2.45, 2.75) is 6.92 Å². The Morgan fingerprint density at radius 1 is 1.00 bits per heavy atom. The summed E-state index contributed by atoms with van der Waals surface area (Å²) in [6, 6.07) is 15.1. The van der Waals surface area contributed by atoms with Crippen molar-refractivity contribution in [2.24, 2.45) is 0 Å². The molecule has 0 saturated carbocycles. The maximum absolute atomic E-state index is 5.83. The van der Waals surface area contributed by atoms with Gasteiger partial charge >= 0.3 is 0 Å². The monoisotopic (exact) mass is 289 g/mol. The first-order valence-electron chi connectivity index (χ1n) is 6.18. The summed E-state index contributed by atoms with van der Waals surface area (Å²) in [5, 5.41) is 0.693. The minimum absolute atomic E-state index is 0.693. The summed E-state index contributed by atoms with van der Waals surface area (Å²) in [6.07, 6.45) is 1.98. The normalized spacial score (nSPS) is 11.2. The third-order valence-electron chi connectivity index (χ3n) is 2.58. The Balaban J connectivity index is 2.04. The van der Waals surface area contributed by atoms with Crippen LogP contribution in [0.5, 0.6) is 11.5 Å². The van der Waals surface area contributed by atoms with Crippen molar-refractivity contribution in [3.05, 3.63) is 64.8 Å². The van der Waals surface area contributed by atoms with E-state index in [1.54, 1.807) is 19.2 Å². The first kappa shape index (κ1) is 14.4. The Bertz CT molecular complexity index is 576. The molecule has 3 nitrogen and oxygen atoms in total. The second-order valence-electron chi connectivity index (χ2n) is 4.26. The van der Waals surface area contributed by atoms with E-state index in [-0.39, 0.29) is 0 Å². The van der Waals surface area contributed by atoms with Crippen molar-refractivity contribution in [3.8, 4) is 11.5 Å². The molecule has 20 heavy (non-hydrogen) atoms. The van der Waals surface area contributed by atoms with Crippen LogP contribution < -0.4 is 10.2 Å². The van der Waals surface area contributed by atoms with Gasteiger partial charge in [-0.05, 0) is 55.0 Å². The highest BCUT2D eigenvalue weighted by atomic mass is 35.5. The zero-order chi connectivity index (χ0) is 14.4. The van der Waals surface area contributed by atoms with Gasteiger partial charge in [-0.25, -0.2) is 0 Å². The molecule has 1 N–H and O–H groups in total. The largest absolute Gasteiger partial charge is 0.457 e. The van der Waals surface area contributed by atoms with Gasteiger partial charge in [0.15, 0.2) is 0 Å². The molecule has 0 fully saturated rings. The van der Waals surface area contributed by atoms with Gasteiger partial charge in [0.25, 0.3) is 0 Å². The Morgan fingerprint density at radius 3 is 2.10 bits per heavy atom. The third kappa shape index (κ3) is 4.30. The van der Waals surface area contributed by atoms with Crippen LogP contribution >= 0.6 is 11.6 Å². The highest BCUT2D eigenvalue weighted by Gasteiger charge is 1.98. The standard InChI is InChI=1S/C16H16ClNO2/c1-12(18-19-2)11-13-3-7-15(8-4-13)20-16-9-5-14(17)6-10-16/h3-11,18H,1-2H3. The topological polar surface area (TPSA) is 30.5 Å². The molecule has 0 aliphatic rings. The van der Waals surface area contributed by atoms with Crippen LogP contribution in [0, 0.1) is 0 Å². The Kier molecular flexibility index (Phi) is 5.04. The second kappa shape index (κ2) is 6.98. The van der Waals surface area contributed by atoms with Gasteiger partial charge in [-0.15, -0.1) is 0 Å². The van der Waals surface area contributed by atoms with Gasteiger partial charge in [0.2, 0.25) is 0 Å². The lowest BCUT2D eigenvalue weighted by atomic mass is 10.2. The Labute approximate surface area is 123 Å². The van der Waals surface area contributed by atoms with E-state index in [1.807, 2.05) is 49.4 Å². The molecule has 4 heteroatoms. The van der Waals surface area contributed by atoms with E-state index in [0.717, 1.165) is 22.8 Å². The van der Waals surface area contributed by atoms with Crippen LogP contribution in [0.25, 0.3) is 6.08 Å². The van der Waals surface area contributed by atoms with Crippen molar-refractivity contribution in [2.75, 3.05) is 7.11 Å². The Hall–Kier alpha value is -1.97. The van der Waals surface area contributed by atoms with E-state index in [0.29, 0.717) is 5.02 Å². The molecule has 2 rings (SSSR count). The predicted octanol–water partition coefficient (Wildman–Crippen LogP) is 4.64. The molecule has 0 radical (unpaired) electrons. The molecule has 0 saturated heterocycles. The lowest BCUT2D eigenvalue weighted by Gasteiger charge is -2.06. The zero-order valence-corrected chi connectivity index (χ0v) is 12.1. The van der Waals surface area contributed by atoms with E-state index >= 15 is 0 Å². The number of nitrogens with one attached hydrogen (secondary N) is 1. The molecule has 0 heterocycles. The van der Waals surface area contributed by atoms with Gasteiger partial charge in [0, 0.05) is 10.7 Å². The molecule has 2 aromatic carbocycles. The van der Waals surface area contributed by atoms with E-state index in [1.165, 1.54) is 0 Å². The fraction of sp³-hybridized carbons (Fsp3) is 0.125. The molecule has 0 aliphatic heterocycles. The first-order chi connectivity index (χ1) is 9.67. The molecule has 0 atom stereocenters. The number of allylic oxidation sites excluding steroid dienone is 1. The summed E-state index contributed by atoms with van der Waals surface area (Å²) in [4.78, 5) is 4.83. The van der Waals surface area contributed by atoms with Crippen molar-refractivity contribution in [1.82, 2.24) is 5.48 Å². The third-order valence-corrected chi connectivity index (χ3v) is 2.83. The van der Waals surface area contributed by atoms with Crippen LogP contribution in [-0.4, -0.2) is 7.11 Å². The number of benzene rings is 2. The van der Waals surface area contributed by atoms with Gasteiger partial charge in [-0.2, -0.15) is 0 Å². The smallest absolute Gasteiger partial charge is 0.127 e. The van der Waals surface area contributed by atoms with Crippen molar-refractivity contribution in [3.63, 3.8) is 0 Å². The van der Waals surface area contributed by atoms with Gasteiger partial charge in [0.05, 0.1) is 7.11 Å². The van der Waals surface area contributed by atoms with Crippen LogP contribution in [0.15, 0.2) is 54.2 Å². The van der Waals surface area contributed by atoms with E-state index < -0.39 is 0 Å². The fourth-order valence-corrected chi connectivity index (χ4v) is 1.84. The number of ether oxygens (including phenoxy) is 1. The molecule has 0 spiro atoms. The van der Waals surface area contributed by atoms with Crippen LogP contribution in [-0.2, 0) is 4.84 Å². The SMILES string of the molecule is CONC(C)=Cc1ccc(Oc2ccc(Cl)cc2)cc1. The zero-order valence-electron chi connectivity index (χ0n) is 11.4. The second-order valence-corrected chi connectivity index (χ2v) is 4.69. The highest BCUT2D eigenvalue weighted by molar-refractivity contribution is 6.30. The summed E-state index contributed by atoms with van der Waals surface area (Å²) < 4.78 is 5.72. The van der Waals surface area contributed by atoms with Gasteiger partial charge in [-0.1, -0.05) is 23.7 Å². The van der Waals surface area contributed by atoms with Crippen molar-refractivity contribution >= 4 is 17.7 Å². The first-order valence-corrected chi connectivity index (χ1v) is 6.56. The van der Waals surface area contributed by atoms with Crippen molar-refractivity contribution in [1.29, 1.82) is 0 Å². The number of hydrogen-bond donors (Lipinski definition) is 1. The molecule has 2 aromatic rings. The van der Waals surface area contributed by atoms with Crippen LogP contribution in [0.3, 0.4) is 0 Å².